The largest absolute Gasteiger partial charge is 0.384 e. The second kappa shape index (κ2) is 7.27. The summed E-state index contributed by atoms with van der Waals surface area (Å²) in [5, 5.41) is 4.17. The molecule has 0 amide bonds. The highest BCUT2D eigenvalue weighted by Gasteiger charge is 2.17. The molecule has 0 fully saturated rings. The number of nitrogen functional groups attached to an aromatic ring is 1. The molecule has 30 heavy (non-hydrogen) atoms. The van der Waals surface area contributed by atoms with Gasteiger partial charge in [0.15, 0.2) is 5.65 Å². The quantitative estimate of drug-likeness (QED) is 0.494. The van der Waals surface area contributed by atoms with Crippen LogP contribution in [0, 0.1) is 0 Å². The van der Waals surface area contributed by atoms with Crippen LogP contribution in [-0.2, 0) is 12.8 Å². The lowest BCUT2D eigenvalue weighted by Crippen LogP contribution is -2.25. The minimum absolute atomic E-state index is 0.115. The molecule has 0 spiro atoms. The fraction of sp³-hybridized carbons (Fsp3) is 0.143. The number of nitrogens with zero attached hydrogens (tertiary/aromatic N) is 4. The van der Waals surface area contributed by atoms with Crippen LogP contribution >= 0.6 is 23.2 Å². The van der Waals surface area contributed by atoms with Crippen LogP contribution in [0.3, 0.4) is 0 Å². The van der Waals surface area contributed by atoms with Crippen LogP contribution in [0.5, 0.6) is 0 Å². The van der Waals surface area contributed by atoms with Gasteiger partial charge in [-0.25, -0.2) is 14.3 Å². The van der Waals surface area contributed by atoms with Crippen LogP contribution in [-0.4, -0.2) is 19.5 Å². The van der Waals surface area contributed by atoms with Crippen LogP contribution in [0.25, 0.3) is 16.7 Å². The maximum atomic E-state index is 12.7. The normalized spacial score (nSPS) is 12.9. The first kappa shape index (κ1) is 18.8. The second-order valence-corrected chi connectivity index (χ2v) is 7.89. The summed E-state index contributed by atoms with van der Waals surface area (Å²) in [4.78, 5) is 25.5. The van der Waals surface area contributed by atoms with Gasteiger partial charge in [-0.15, -0.1) is 0 Å². The van der Waals surface area contributed by atoms with Gasteiger partial charge in [-0.05, 0) is 54.7 Å². The summed E-state index contributed by atoms with van der Waals surface area (Å²) < 4.78 is 1.17. The smallest absolute Gasteiger partial charge is 0.355 e. The molecule has 7 nitrogen and oxygen atoms in total. The summed E-state index contributed by atoms with van der Waals surface area (Å²) in [6.07, 6.45) is 4.90. The van der Waals surface area contributed by atoms with E-state index in [0.29, 0.717) is 11.3 Å². The Hall–Kier alpha value is -3.16. The van der Waals surface area contributed by atoms with E-state index in [-0.39, 0.29) is 27.2 Å². The topological polar surface area (TPSA) is 98.7 Å². The number of halogens is 2. The van der Waals surface area contributed by atoms with E-state index in [1.165, 1.54) is 28.3 Å². The van der Waals surface area contributed by atoms with Crippen molar-refractivity contribution in [2.75, 3.05) is 11.1 Å². The molecule has 2 aromatic heterocycles. The Morgan fingerprint density at radius 1 is 1.03 bits per heavy atom. The summed E-state index contributed by atoms with van der Waals surface area (Å²) in [7, 11) is 0. The van der Waals surface area contributed by atoms with Gasteiger partial charge in [0.25, 0.3) is 0 Å². The van der Waals surface area contributed by atoms with Gasteiger partial charge >= 0.3 is 5.69 Å². The van der Waals surface area contributed by atoms with E-state index in [1.807, 2.05) is 6.07 Å². The van der Waals surface area contributed by atoms with Crippen molar-refractivity contribution in [3.63, 3.8) is 0 Å². The minimum atomic E-state index is -0.628. The predicted octanol–water partition coefficient (Wildman–Crippen LogP) is 4.30. The van der Waals surface area contributed by atoms with Crippen molar-refractivity contribution >= 4 is 51.7 Å². The molecule has 0 unspecified atom stereocenters. The van der Waals surface area contributed by atoms with E-state index in [9.17, 15) is 4.79 Å². The number of anilines is 3. The number of fused-ring (bicyclic) bond motifs is 2. The fourth-order valence-corrected chi connectivity index (χ4v) is 4.33. The van der Waals surface area contributed by atoms with Crippen LogP contribution in [0.15, 0.2) is 47.4 Å². The van der Waals surface area contributed by atoms with Crippen molar-refractivity contribution in [3.05, 3.63) is 74.3 Å². The first-order valence-corrected chi connectivity index (χ1v) is 10.2. The molecule has 2 heterocycles. The molecule has 3 N–H and O–H groups in total. The Balaban J connectivity index is 1.57. The Labute approximate surface area is 181 Å². The molecule has 0 aliphatic heterocycles. The molecular weight excluding hydrogens is 423 g/mol. The van der Waals surface area contributed by atoms with Gasteiger partial charge in [0.05, 0.1) is 21.1 Å². The average molecular weight is 439 g/mol. The lowest BCUT2D eigenvalue weighted by Gasteiger charge is -2.14. The van der Waals surface area contributed by atoms with E-state index < -0.39 is 5.69 Å². The molecular formula is C21H16Cl2N6O. The van der Waals surface area contributed by atoms with Crippen molar-refractivity contribution in [1.29, 1.82) is 0 Å². The van der Waals surface area contributed by atoms with Gasteiger partial charge in [-0.2, -0.15) is 9.97 Å². The summed E-state index contributed by atoms with van der Waals surface area (Å²) >= 11 is 12.5. The molecule has 9 heteroatoms. The molecule has 2 aromatic carbocycles. The first-order valence-electron chi connectivity index (χ1n) is 9.40. The fourth-order valence-electron chi connectivity index (χ4n) is 3.76. The lowest BCUT2D eigenvalue weighted by molar-refractivity contribution is 0.912. The summed E-state index contributed by atoms with van der Waals surface area (Å²) in [6, 6.07) is 11.2. The molecule has 5 rings (SSSR count). The zero-order valence-corrected chi connectivity index (χ0v) is 17.2. The molecule has 0 saturated heterocycles. The maximum Gasteiger partial charge on any atom is 0.355 e. The Morgan fingerprint density at radius 2 is 1.80 bits per heavy atom. The third-order valence-corrected chi connectivity index (χ3v) is 5.80. The van der Waals surface area contributed by atoms with Gasteiger partial charge < -0.3 is 11.1 Å². The minimum Gasteiger partial charge on any atom is -0.384 e. The van der Waals surface area contributed by atoms with E-state index in [0.717, 1.165) is 18.5 Å². The van der Waals surface area contributed by atoms with Crippen LogP contribution < -0.4 is 16.7 Å². The van der Waals surface area contributed by atoms with E-state index in [1.54, 1.807) is 18.2 Å². The van der Waals surface area contributed by atoms with E-state index >= 15 is 0 Å². The molecule has 150 valence electrons. The molecule has 0 atom stereocenters. The summed E-state index contributed by atoms with van der Waals surface area (Å²) in [5.41, 5.74) is 9.70. The van der Waals surface area contributed by atoms with Crippen molar-refractivity contribution < 1.29 is 0 Å². The molecule has 1 aliphatic carbocycles. The number of hydrogen-bond acceptors (Lipinski definition) is 6. The number of nitrogens with one attached hydrogen (secondary N) is 1. The number of aryl methyl sites for hydroxylation is 2. The number of rotatable bonds is 3. The predicted molar refractivity (Wildman–Crippen MR) is 119 cm³/mol. The Morgan fingerprint density at radius 3 is 2.60 bits per heavy atom. The standard InChI is InChI=1S/C21H16Cl2N6O/c22-15-5-2-6-16(23)17(15)29-18(24)14-10-25-20(27-19(14)28-21(29)30)26-13-8-7-11-3-1-4-12(11)9-13/h2,5-10H,1,3-4,24H2,(H,26,27,28,30). The number of aromatic nitrogens is 4. The zero-order valence-electron chi connectivity index (χ0n) is 15.7. The monoisotopic (exact) mass is 438 g/mol. The van der Waals surface area contributed by atoms with Crippen LogP contribution in [0.4, 0.5) is 17.5 Å². The Bertz CT molecular complexity index is 1350. The van der Waals surface area contributed by atoms with Crippen molar-refractivity contribution in [2.45, 2.75) is 19.3 Å². The number of hydrogen-bond donors (Lipinski definition) is 2. The maximum absolute atomic E-state index is 12.7. The first-order chi connectivity index (χ1) is 14.5. The van der Waals surface area contributed by atoms with Crippen molar-refractivity contribution in [1.82, 2.24) is 19.5 Å². The van der Waals surface area contributed by atoms with E-state index in [4.69, 9.17) is 28.9 Å². The lowest BCUT2D eigenvalue weighted by atomic mass is 10.1. The SMILES string of the molecule is Nc1c2cnc(Nc3ccc4c(c3)CCC4)nc2nc(=O)n1-c1c(Cl)cccc1Cl. The summed E-state index contributed by atoms with van der Waals surface area (Å²) in [6.45, 7) is 0. The highest BCUT2D eigenvalue weighted by Crippen LogP contribution is 2.31. The molecule has 4 aromatic rings. The summed E-state index contributed by atoms with van der Waals surface area (Å²) in [5.74, 6) is 0.448. The van der Waals surface area contributed by atoms with Gasteiger partial charge in [0, 0.05) is 11.9 Å². The highest BCUT2D eigenvalue weighted by molar-refractivity contribution is 6.37. The van der Waals surface area contributed by atoms with Crippen molar-refractivity contribution in [2.24, 2.45) is 0 Å². The van der Waals surface area contributed by atoms with Gasteiger partial charge in [-0.3, -0.25) is 0 Å². The van der Waals surface area contributed by atoms with Crippen LogP contribution in [0.2, 0.25) is 10.0 Å². The number of benzene rings is 2. The van der Waals surface area contributed by atoms with Crippen molar-refractivity contribution in [3.8, 4) is 5.69 Å². The average Bonchev–Trinajstić information content (AvgIpc) is 3.18. The molecule has 0 radical (unpaired) electrons. The third-order valence-electron chi connectivity index (χ3n) is 5.19. The Kier molecular flexibility index (Phi) is 4.56. The van der Waals surface area contributed by atoms with Gasteiger partial charge in [0.1, 0.15) is 5.82 Å². The second-order valence-electron chi connectivity index (χ2n) is 7.08. The van der Waals surface area contributed by atoms with Gasteiger partial charge in [0.2, 0.25) is 5.95 Å². The third kappa shape index (κ3) is 3.16. The van der Waals surface area contributed by atoms with Gasteiger partial charge in [-0.1, -0.05) is 35.3 Å². The highest BCUT2D eigenvalue weighted by atomic mass is 35.5. The number of nitrogens with two attached hydrogens (primary N) is 1. The number of para-hydroxylation sites is 1. The molecule has 0 saturated carbocycles. The van der Waals surface area contributed by atoms with Crippen LogP contribution in [0.1, 0.15) is 17.5 Å². The molecule has 1 aliphatic rings. The molecule has 0 bridgehead atoms. The van der Waals surface area contributed by atoms with E-state index in [2.05, 4.69) is 32.4 Å². The zero-order chi connectivity index (χ0) is 20.8.